The van der Waals surface area contributed by atoms with Gasteiger partial charge in [-0.15, -0.1) is 0 Å². The number of halogens is 1. The van der Waals surface area contributed by atoms with Crippen molar-refractivity contribution in [3.05, 3.63) is 17.5 Å². The Bertz CT molecular complexity index is 622. The van der Waals surface area contributed by atoms with Crippen molar-refractivity contribution in [2.45, 2.75) is 64.5 Å². The molecule has 26 heavy (non-hydrogen) atoms. The second kappa shape index (κ2) is 7.99. The number of nitrogens with one attached hydrogen (secondary N) is 1. The zero-order valence-corrected chi connectivity index (χ0v) is 16.6. The molecule has 0 radical (unpaired) electrons. The Hall–Kier alpha value is -1.56. The molecule has 1 amide bonds. The van der Waals surface area contributed by atoms with Gasteiger partial charge in [-0.1, -0.05) is 0 Å². The van der Waals surface area contributed by atoms with Crippen LogP contribution >= 0.6 is 11.6 Å². The summed E-state index contributed by atoms with van der Waals surface area (Å²) in [7, 11) is 0. The summed E-state index contributed by atoms with van der Waals surface area (Å²) in [6.45, 7) is 7.27. The second-order valence-corrected chi connectivity index (χ2v) is 8.78. The zero-order valence-electron chi connectivity index (χ0n) is 15.9. The van der Waals surface area contributed by atoms with Gasteiger partial charge >= 0.3 is 6.09 Å². The van der Waals surface area contributed by atoms with Crippen molar-refractivity contribution in [2.75, 3.05) is 18.4 Å². The summed E-state index contributed by atoms with van der Waals surface area (Å²) in [5, 5.41) is 3.83. The van der Waals surface area contributed by atoms with Crippen LogP contribution in [-0.2, 0) is 4.74 Å². The third kappa shape index (κ3) is 5.73. The van der Waals surface area contributed by atoms with Crippen molar-refractivity contribution in [3.8, 4) is 0 Å². The van der Waals surface area contributed by atoms with Crippen molar-refractivity contribution in [3.63, 3.8) is 0 Å². The third-order valence-electron chi connectivity index (χ3n) is 5.00. The molecular weight excluding hydrogens is 352 g/mol. The summed E-state index contributed by atoms with van der Waals surface area (Å²) in [6, 6.07) is 2.28. The van der Waals surface area contributed by atoms with Gasteiger partial charge < -0.3 is 15.0 Å². The molecule has 2 aliphatic rings. The van der Waals surface area contributed by atoms with Crippen molar-refractivity contribution >= 4 is 23.5 Å². The second-order valence-electron chi connectivity index (χ2n) is 8.45. The van der Waals surface area contributed by atoms with Crippen LogP contribution in [-0.4, -0.2) is 45.7 Å². The maximum Gasteiger partial charge on any atom is 0.410 e. The van der Waals surface area contributed by atoms with Crippen molar-refractivity contribution in [1.82, 2.24) is 14.9 Å². The van der Waals surface area contributed by atoms with E-state index >= 15 is 0 Å². The molecule has 1 N–H and O–H groups in total. The van der Waals surface area contributed by atoms with Gasteiger partial charge in [-0.25, -0.2) is 14.8 Å². The predicted octanol–water partition coefficient (Wildman–Crippen LogP) is 4.36. The number of hydrogen-bond acceptors (Lipinski definition) is 5. The minimum Gasteiger partial charge on any atom is -0.444 e. The van der Waals surface area contributed by atoms with Gasteiger partial charge in [0.05, 0.1) is 0 Å². The maximum absolute atomic E-state index is 12.2. The van der Waals surface area contributed by atoms with E-state index in [0.717, 1.165) is 38.2 Å². The van der Waals surface area contributed by atoms with Crippen LogP contribution in [0.2, 0.25) is 5.28 Å². The first-order valence-corrected chi connectivity index (χ1v) is 9.91. The van der Waals surface area contributed by atoms with Crippen molar-refractivity contribution in [1.29, 1.82) is 0 Å². The first-order chi connectivity index (χ1) is 12.3. The molecule has 1 aromatic rings. The summed E-state index contributed by atoms with van der Waals surface area (Å²) in [4.78, 5) is 22.2. The minimum atomic E-state index is -0.437. The van der Waals surface area contributed by atoms with Gasteiger partial charge in [-0.2, -0.15) is 0 Å². The molecule has 0 bridgehead atoms. The highest BCUT2D eigenvalue weighted by molar-refractivity contribution is 6.28. The van der Waals surface area contributed by atoms with Gasteiger partial charge in [0.25, 0.3) is 0 Å². The summed E-state index contributed by atoms with van der Waals surface area (Å²) in [5.41, 5.74) is -0.437. The Morgan fingerprint density at radius 2 is 2.04 bits per heavy atom. The third-order valence-corrected chi connectivity index (χ3v) is 5.19. The van der Waals surface area contributed by atoms with Crippen LogP contribution in [0, 0.1) is 11.8 Å². The molecule has 1 aliphatic heterocycles. The molecule has 0 unspecified atom stereocenters. The Balaban J connectivity index is 1.50. The number of aromatic nitrogens is 2. The van der Waals surface area contributed by atoms with Gasteiger partial charge in [0, 0.05) is 25.3 Å². The summed E-state index contributed by atoms with van der Waals surface area (Å²) in [6.07, 6.45) is 7.18. The van der Waals surface area contributed by atoms with E-state index in [1.165, 1.54) is 12.8 Å². The van der Waals surface area contributed by atoms with E-state index in [9.17, 15) is 4.79 Å². The summed E-state index contributed by atoms with van der Waals surface area (Å²) in [5.74, 6) is 2.13. The number of carbonyl (C=O) groups is 1. The highest BCUT2D eigenvalue weighted by Gasteiger charge is 2.35. The average molecular weight is 381 g/mol. The van der Waals surface area contributed by atoms with E-state index in [4.69, 9.17) is 16.3 Å². The number of likely N-dealkylation sites (tertiary alicyclic amines) is 1. The van der Waals surface area contributed by atoms with Crippen LogP contribution in [0.4, 0.5) is 10.6 Å². The van der Waals surface area contributed by atoms with Crippen LogP contribution in [0.15, 0.2) is 12.3 Å². The molecule has 144 valence electrons. The molecular formula is C19H29ClN4O2. The fourth-order valence-electron chi connectivity index (χ4n) is 3.51. The molecule has 7 heteroatoms. The van der Waals surface area contributed by atoms with Crippen LogP contribution in [0.5, 0.6) is 0 Å². The Kier molecular flexibility index (Phi) is 5.90. The predicted molar refractivity (Wildman–Crippen MR) is 102 cm³/mol. The van der Waals surface area contributed by atoms with Gasteiger partial charge in [0.1, 0.15) is 11.4 Å². The number of rotatable bonds is 5. The molecule has 0 spiro atoms. The standard InChI is InChI=1S/C19H29ClN4O2/c1-19(2,3)26-18(25)24-10-7-13(8-11-24)12-15(14-4-5-14)22-16-6-9-21-17(20)23-16/h6,9,13-15H,4-5,7-8,10-12H2,1-3H3,(H,21,22,23)/t15-/m0/s1. The highest BCUT2D eigenvalue weighted by atomic mass is 35.5. The SMILES string of the molecule is CC(C)(C)OC(=O)N1CCC(C[C@H](Nc2ccnc(Cl)n2)C2CC2)CC1. The average Bonchev–Trinajstić information content (AvgIpc) is 3.38. The zero-order chi connectivity index (χ0) is 18.7. The monoisotopic (exact) mass is 380 g/mol. The van der Waals surface area contributed by atoms with Crippen molar-refractivity contribution in [2.24, 2.45) is 11.8 Å². The fraction of sp³-hybridized carbons (Fsp3) is 0.737. The molecule has 1 atom stereocenters. The van der Waals surface area contributed by atoms with E-state index in [1.807, 2.05) is 31.7 Å². The Labute approximate surface area is 160 Å². The molecule has 6 nitrogen and oxygen atoms in total. The fourth-order valence-corrected chi connectivity index (χ4v) is 3.66. The molecule has 0 aromatic carbocycles. The number of carbonyl (C=O) groups excluding carboxylic acids is 1. The number of amides is 1. The lowest BCUT2D eigenvalue weighted by atomic mass is 9.88. The quantitative estimate of drug-likeness (QED) is 0.769. The van der Waals surface area contributed by atoms with Crippen LogP contribution in [0.3, 0.4) is 0 Å². The molecule has 1 saturated heterocycles. The Morgan fingerprint density at radius 1 is 1.35 bits per heavy atom. The molecule has 2 fully saturated rings. The number of ether oxygens (including phenoxy) is 1. The van der Waals surface area contributed by atoms with Crippen molar-refractivity contribution < 1.29 is 9.53 Å². The number of anilines is 1. The number of hydrogen-bond donors (Lipinski definition) is 1. The maximum atomic E-state index is 12.2. The summed E-state index contributed by atoms with van der Waals surface area (Å²) < 4.78 is 5.48. The molecule has 1 aliphatic carbocycles. The first kappa shape index (κ1) is 19.2. The topological polar surface area (TPSA) is 67.3 Å². The molecule has 1 saturated carbocycles. The van der Waals surface area contributed by atoms with Crippen LogP contribution in [0.25, 0.3) is 0 Å². The van der Waals surface area contributed by atoms with E-state index in [-0.39, 0.29) is 11.4 Å². The normalized spacial score (nSPS) is 19.9. The minimum absolute atomic E-state index is 0.191. The van der Waals surface area contributed by atoms with E-state index < -0.39 is 5.60 Å². The molecule has 1 aromatic heterocycles. The van der Waals surface area contributed by atoms with E-state index in [1.54, 1.807) is 6.20 Å². The van der Waals surface area contributed by atoms with Gasteiger partial charge in [0.15, 0.2) is 0 Å². The first-order valence-electron chi connectivity index (χ1n) is 9.53. The van der Waals surface area contributed by atoms with Gasteiger partial charge in [-0.3, -0.25) is 0 Å². The van der Waals surface area contributed by atoms with E-state index in [0.29, 0.717) is 17.9 Å². The molecule has 3 rings (SSSR count). The smallest absolute Gasteiger partial charge is 0.410 e. The van der Waals surface area contributed by atoms with Crippen LogP contribution in [0.1, 0.15) is 52.9 Å². The number of piperidine rings is 1. The lowest BCUT2D eigenvalue weighted by Gasteiger charge is -2.35. The largest absolute Gasteiger partial charge is 0.444 e. The molecule has 2 heterocycles. The lowest BCUT2D eigenvalue weighted by Crippen LogP contribution is -2.42. The number of nitrogens with zero attached hydrogens (tertiary/aromatic N) is 3. The van der Waals surface area contributed by atoms with Gasteiger partial charge in [0.2, 0.25) is 5.28 Å². The highest BCUT2D eigenvalue weighted by Crippen LogP contribution is 2.38. The summed E-state index contributed by atoms with van der Waals surface area (Å²) >= 11 is 5.90. The van der Waals surface area contributed by atoms with Gasteiger partial charge in [-0.05, 0) is 82.4 Å². The van der Waals surface area contributed by atoms with Crippen LogP contribution < -0.4 is 5.32 Å². The Morgan fingerprint density at radius 3 is 2.62 bits per heavy atom. The van der Waals surface area contributed by atoms with E-state index in [2.05, 4.69) is 15.3 Å². The lowest BCUT2D eigenvalue weighted by molar-refractivity contribution is 0.0179.